The molecule has 0 amide bonds. The van der Waals surface area contributed by atoms with Gasteiger partial charge in [0, 0.05) is 25.9 Å². The lowest BCUT2D eigenvalue weighted by atomic mass is 10.1. The zero-order valence-corrected chi connectivity index (χ0v) is 9.54. The first-order valence-electron chi connectivity index (χ1n) is 5.25. The first-order chi connectivity index (χ1) is 8.16. The maximum Gasteiger partial charge on any atom is 0.419 e. The third-order valence-electron chi connectivity index (χ3n) is 2.91. The Morgan fingerprint density at radius 3 is 2.76 bits per heavy atom. The first-order valence-corrected chi connectivity index (χ1v) is 5.25. The maximum absolute atomic E-state index is 11.4. The molecule has 5 nitrogen and oxygen atoms in total. The summed E-state index contributed by atoms with van der Waals surface area (Å²) in [6.45, 7) is 0. The standard InChI is InChI=1S/C12H11N3O2/c1-14-10-7-8(9-5-6-13-15(9)2)3-4-11(10)17-12(14)16/h3-7H,1-2H3. The summed E-state index contributed by atoms with van der Waals surface area (Å²) in [4.78, 5) is 11.4. The molecule has 0 aliphatic rings. The molecule has 0 N–H and O–H groups in total. The number of aryl methyl sites for hydroxylation is 2. The number of oxazole rings is 1. The van der Waals surface area contributed by atoms with Crippen LogP contribution in [0.1, 0.15) is 0 Å². The molecule has 0 bridgehead atoms. The van der Waals surface area contributed by atoms with Crippen LogP contribution in [0, 0.1) is 0 Å². The Morgan fingerprint density at radius 1 is 1.24 bits per heavy atom. The zero-order chi connectivity index (χ0) is 12.0. The van der Waals surface area contributed by atoms with E-state index in [1.54, 1.807) is 24.0 Å². The minimum Gasteiger partial charge on any atom is -0.408 e. The quantitative estimate of drug-likeness (QED) is 0.636. The van der Waals surface area contributed by atoms with Gasteiger partial charge in [0.2, 0.25) is 0 Å². The van der Waals surface area contributed by atoms with Gasteiger partial charge in [-0.15, -0.1) is 0 Å². The van der Waals surface area contributed by atoms with Gasteiger partial charge in [-0.05, 0) is 24.3 Å². The summed E-state index contributed by atoms with van der Waals surface area (Å²) >= 11 is 0. The van der Waals surface area contributed by atoms with E-state index in [1.165, 1.54) is 4.57 Å². The molecule has 0 aliphatic carbocycles. The predicted octanol–water partition coefficient (Wildman–Crippen LogP) is 1.53. The molecule has 86 valence electrons. The molecule has 5 heteroatoms. The molecule has 0 saturated heterocycles. The molecule has 1 aromatic carbocycles. The Labute approximate surface area is 96.9 Å². The van der Waals surface area contributed by atoms with Crippen molar-refractivity contribution in [3.8, 4) is 11.3 Å². The number of nitrogens with zero attached hydrogens (tertiary/aromatic N) is 3. The van der Waals surface area contributed by atoms with Crippen molar-refractivity contribution in [2.24, 2.45) is 14.1 Å². The summed E-state index contributed by atoms with van der Waals surface area (Å²) in [5, 5.41) is 4.13. The molecule has 0 spiro atoms. The highest BCUT2D eigenvalue weighted by atomic mass is 16.4. The molecule has 17 heavy (non-hydrogen) atoms. The van der Waals surface area contributed by atoms with Crippen LogP contribution in [0.15, 0.2) is 39.7 Å². The Bertz CT molecular complexity index is 749. The molecule has 0 saturated carbocycles. The van der Waals surface area contributed by atoms with Crippen LogP contribution in [0.3, 0.4) is 0 Å². The van der Waals surface area contributed by atoms with E-state index in [2.05, 4.69) is 5.10 Å². The van der Waals surface area contributed by atoms with E-state index >= 15 is 0 Å². The van der Waals surface area contributed by atoms with Crippen molar-refractivity contribution in [2.45, 2.75) is 0 Å². The number of fused-ring (bicyclic) bond motifs is 1. The van der Waals surface area contributed by atoms with Crippen LogP contribution in [0.2, 0.25) is 0 Å². The van der Waals surface area contributed by atoms with Crippen molar-refractivity contribution in [2.75, 3.05) is 0 Å². The molecule has 0 radical (unpaired) electrons. The second-order valence-electron chi connectivity index (χ2n) is 3.95. The molecule has 0 aliphatic heterocycles. The van der Waals surface area contributed by atoms with Crippen LogP contribution in [0.4, 0.5) is 0 Å². The van der Waals surface area contributed by atoms with Gasteiger partial charge in [-0.3, -0.25) is 9.25 Å². The van der Waals surface area contributed by atoms with Crippen LogP contribution >= 0.6 is 0 Å². The molecule has 0 atom stereocenters. The van der Waals surface area contributed by atoms with Gasteiger partial charge in [-0.2, -0.15) is 5.10 Å². The number of hydrogen-bond donors (Lipinski definition) is 0. The van der Waals surface area contributed by atoms with Crippen molar-refractivity contribution in [1.82, 2.24) is 14.3 Å². The normalized spacial score (nSPS) is 11.2. The summed E-state index contributed by atoms with van der Waals surface area (Å²) in [7, 11) is 3.58. The van der Waals surface area contributed by atoms with Gasteiger partial charge in [-0.25, -0.2) is 4.79 Å². The van der Waals surface area contributed by atoms with Crippen LogP contribution in [-0.4, -0.2) is 14.3 Å². The third-order valence-corrected chi connectivity index (χ3v) is 2.91. The number of hydrogen-bond acceptors (Lipinski definition) is 3. The van der Waals surface area contributed by atoms with E-state index in [9.17, 15) is 4.79 Å². The minimum atomic E-state index is -0.345. The van der Waals surface area contributed by atoms with E-state index in [0.717, 1.165) is 16.8 Å². The Hall–Kier alpha value is -2.30. The molecule has 2 aromatic heterocycles. The largest absolute Gasteiger partial charge is 0.419 e. The lowest BCUT2D eigenvalue weighted by molar-refractivity contribution is 0.528. The predicted molar refractivity (Wildman–Crippen MR) is 63.7 cm³/mol. The first kappa shape index (κ1) is 9.89. The topological polar surface area (TPSA) is 53.0 Å². The van der Waals surface area contributed by atoms with Gasteiger partial charge in [0.1, 0.15) is 0 Å². The highest BCUT2D eigenvalue weighted by molar-refractivity contribution is 5.79. The highest BCUT2D eigenvalue weighted by Gasteiger charge is 2.08. The molecule has 2 heterocycles. The lowest BCUT2D eigenvalue weighted by Crippen LogP contribution is -2.08. The zero-order valence-electron chi connectivity index (χ0n) is 9.54. The fourth-order valence-electron chi connectivity index (χ4n) is 1.94. The number of rotatable bonds is 1. The molecular weight excluding hydrogens is 218 g/mol. The summed E-state index contributed by atoms with van der Waals surface area (Å²) in [5.41, 5.74) is 3.39. The van der Waals surface area contributed by atoms with E-state index < -0.39 is 0 Å². The van der Waals surface area contributed by atoms with Gasteiger partial charge in [0.25, 0.3) is 0 Å². The smallest absolute Gasteiger partial charge is 0.408 e. The average molecular weight is 229 g/mol. The summed E-state index contributed by atoms with van der Waals surface area (Å²) in [5.74, 6) is -0.345. The monoisotopic (exact) mass is 229 g/mol. The van der Waals surface area contributed by atoms with Crippen molar-refractivity contribution in [3.63, 3.8) is 0 Å². The van der Waals surface area contributed by atoms with Crippen molar-refractivity contribution >= 4 is 11.1 Å². The summed E-state index contributed by atoms with van der Waals surface area (Å²) in [6.07, 6.45) is 1.74. The summed E-state index contributed by atoms with van der Waals surface area (Å²) in [6, 6.07) is 7.58. The minimum absolute atomic E-state index is 0.345. The molecular formula is C12H11N3O2. The van der Waals surface area contributed by atoms with Crippen molar-refractivity contribution in [3.05, 3.63) is 41.0 Å². The third kappa shape index (κ3) is 1.39. The van der Waals surface area contributed by atoms with Gasteiger partial charge >= 0.3 is 5.76 Å². The van der Waals surface area contributed by atoms with E-state index in [4.69, 9.17) is 4.42 Å². The fraction of sp³-hybridized carbons (Fsp3) is 0.167. The maximum atomic E-state index is 11.4. The van der Waals surface area contributed by atoms with Crippen LogP contribution in [0.25, 0.3) is 22.4 Å². The Morgan fingerprint density at radius 2 is 2.06 bits per heavy atom. The second kappa shape index (κ2) is 3.35. The molecule has 3 aromatic rings. The van der Waals surface area contributed by atoms with Gasteiger partial charge in [-0.1, -0.05) is 0 Å². The van der Waals surface area contributed by atoms with E-state index in [0.29, 0.717) is 5.58 Å². The van der Waals surface area contributed by atoms with E-state index in [1.807, 2.05) is 25.2 Å². The second-order valence-corrected chi connectivity index (χ2v) is 3.95. The van der Waals surface area contributed by atoms with Crippen molar-refractivity contribution < 1.29 is 4.42 Å². The lowest BCUT2D eigenvalue weighted by Gasteiger charge is -2.02. The van der Waals surface area contributed by atoms with Crippen LogP contribution in [0.5, 0.6) is 0 Å². The average Bonchev–Trinajstić information content (AvgIpc) is 2.85. The molecule has 0 fully saturated rings. The van der Waals surface area contributed by atoms with Crippen LogP contribution < -0.4 is 5.76 Å². The van der Waals surface area contributed by atoms with Crippen molar-refractivity contribution in [1.29, 1.82) is 0 Å². The van der Waals surface area contributed by atoms with Crippen LogP contribution in [-0.2, 0) is 14.1 Å². The van der Waals surface area contributed by atoms with Gasteiger partial charge in [0.15, 0.2) is 5.58 Å². The fourth-order valence-corrected chi connectivity index (χ4v) is 1.94. The van der Waals surface area contributed by atoms with E-state index in [-0.39, 0.29) is 5.76 Å². The number of aromatic nitrogens is 3. The summed E-state index contributed by atoms with van der Waals surface area (Å²) < 4.78 is 8.37. The molecule has 0 unspecified atom stereocenters. The Kier molecular flexibility index (Phi) is 1.95. The molecule has 3 rings (SSSR count). The highest BCUT2D eigenvalue weighted by Crippen LogP contribution is 2.22. The van der Waals surface area contributed by atoms with Gasteiger partial charge < -0.3 is 4.42 Å². The van der Waals surface area contributed by atoms with Gasteiger partial charge in [0.05, 0.1) is 11.2 Å². The SMILES string of the molecule is Cn1nccc1-c1ccc2oc(=O)n(C)c2c1. The number of benzene rings is 1. The Balaban J connectivity index is 2.30.